The predicted molar refractivity (Wildman–Crippen MR) is 23.4 cm³/mol. The monoisotopic (exact) mass is 249 g/mol. The molecule has 0 atom stereocenters. The van der Waals surface area contributed by atoms with Crippen LogP contribution in [-0.2, 0) is 9.20 Å². The van der Waals surface area contributed by atoms with Crippen molar-refractivity contribution in [2.45, 2.75) is 0 Å². The summed E-state index contributed by atoms with van der Waals surface area (Å²) in [5, 5.41) is 0. The zero-order valence-corrected chi connectivity index (χ0v) is 11.8. The molecule has 0 unspecified atom stereocenters. The molecule has 0 aromatic carbocycles. The Hall–Kier alpha value is 3.68. The minimum atomic E-state index is -2.24. The first-order valence-electron chi connectivity index (χ1n) is 0.456. The van der Waals surface area contributed by atoms with Crippen LogP contribution in [-0.4, -0.2) is 0 Å². The minimum absolute atomic E-state index is 0. The van der Waals surface area contributed by atoms with Crippen molar-refractivity contribution in [2.24, 2.45) is 0 Å². The summed E-state index contributed by atoms with van der Waals surface area (Å²) >= 11 is 0. The Balaban J connectivity index is -0.0000000800. The average molecular weight is 251 g/mol. The minimum Gasteiger partial charge on any atom is 1.00 e. The van der Waals surface area contributed by atoms with E-state index in [9.17, 15) is 0 Å². The van der Waals surface area contributed by atoms with Gasteiger partial charge < -0.3 is 0 Å². The number of halogens is 4. The molecule has 0 aliphatic rings. The van der Waals surface area contributed by atoms with Gasteiger partial charge in [-0.25, -0.2) is 0 Å². The molecule has 7 heteroatoms. The van der Waals surface area contributed by atoms with Crippen molar-refractivity contribution in [3.63, 3.8) is 0 Å². The summed E-state index contributed by atoms with van der Waals surface area (Å²) in [6.07, 6.45) is 0. The fraction of sp³-hybridized carbons (Fsp3) is 0. The molecule has 0 heterocycles. The van der Waals surface area contributed by atoms with Gasteiger partial charge in [-0.05, 0) is 0 Å². The van der Waals surface area contributed by atoms with Crippen LogP contribution in [0.3, 0.4) is 0 Å². The molecule has 0 radical (unpaired) electrons. The SMILES string of the molecule is [Cl][Cu-2]([Cl])([Cl])[Cl].[Na+].[Na+]. The maximum Gasteiger partial charge on any atom is 1.00 e. The molecule has 0 aliphatic heterocycles. The Bertz CT molecular complexity index is 25.2. The topological polar surface area (TPSA) is 0 Å². The van der Waals surface area contributed by atoms with E-state index < -0.39 is 9.20 Å². The first kappa shape index (κ1) is 17.0. The fourth-order valence-corrected chi connectivity index (χ4v) is 0. The molecule has 0 nitrogen and oxygen atoms in total. The second-order valence-corrected chi connectivity index (χ2v) is 9.59. The van der Waals surface area contributed by atoms with Crippen LogP contribution in [0.25, 0.3) is 0 Å². The van der Waals surface area contributed by atoms with E-state index in [-0.39, 0.29) is 59.1 Å². The zero-order chi connectivity index (χ0) is 4.50. The quantitative estimate of drug-likeness (QED) is 0.397. The summed E-state index contributed by atoms with van der Waals surface area (Å²) in [7, 11) is 17.4. The van der Waals surface area contributed by atoms with E-state index in [1.807, 2.05) is 0 Å². The number of hydrogen-bond donors (Lipinski definition) is 0. The van der Waals surface area contributed by atoms with Gasteiger partial charge in [0.25, 0.3) is 0 Å². The van der Waals surface area contributed by atoms with Crippen molar-refractivity contribution in [1.29, 1.82) is 0 Å². The van der Waals surface area contributed by atoms with Crippen LogP contribution >= 0.6 is 40.4 Å². The van der Waals surface area contributed by atoms with Crippen molar-refractivity contribution in [1.82, 2.24) is 0 Å². The number of hydrogen-bond acceptors (Lipinski definition) is 0. The van der Waals surface area contributed by atoms with Gasteiger partial charge in [-0.3, -0.25) is 0 Å². The van der Waals surface area contributed by atoms with Gasteiger partial charge in [0, 0.05) is 0 Å². The van der Waals surface area contributed by atoms with E-state index in [1.165, 1.54) is 0 Å². The van der Waals surface area contributed by atoms with E-state index in [2.05, 4.69) is 0 Å². The summed E-state index contributed by atoms with van der Waals surface area (Å²) in [6, 6.07) is 0. The van der Waals surface area contributed by atoms with Crippen molar-refractivity contribution in [3.8, 4) is 0 Å². The van der Waals surface area contributed by atoms with Gasteiger partial charge >= 0.3 is 109 Å². The van der Waals surface area contributed by atoms with E-state index in [0.29, 0.717) is 0 Å². The molecule has 0 amide bonds. The second-order valence-electron chi connectivity index (χ2n) is 0.258. The summed E-state index contributed by atoms with van der Waals surface area (Å²) in [4.78, 5) is 0. The largest absolute Gasteiger partial charge is 1.00 e. The Kier molecular flexibility index (Phi) is 18.9. The molecule has 0 rings (SSSR count). The molecule has 0 aliphatic carbocycles. The number of rotatable bonds is 0. The summed E-state index contributed by atoms with van der Waals surface area (Å²) in [6.45, 7) is 0. The van der Waals surface area contributed by atoms with Gasteiger partial charge in [0.2, 0.25) is 0 Å². The van der Waals surface area contributed by atoms with Crippen LogP contribution in [0.15, 0.2) is 0 Å². The molecular formula is Cl4CuNa2. The van der Waals surface area contributed by atoms with Crippen LogP contribution in [0.4, 0.5) is 0 Å². The Morgan fingerprint density at radius 2 is 0.714 bits per heavy atom. The molecule has 0 bridgehead atoms. The zero-order valence-electron chi connectivity index (χ0n) is 3.81. The summed E-state index contributed by atoms with van der Waals surface area (Å²) in [5.41, 5.74) is 0. The van der Waals surface area contributed by atoms with Gasteiger partial charge in [0.1, 0.15) is 0 Å². The van der Waals surface area contributed by atoms with Crippen LogP contribution in [0.1, 0.15) is 0 Å². The average Bonchev–Trinajstić information content (AvgIpc) is 0.722. The Labute approximate surface area is 106 Å². The molecule has 0 saturated heterocycles. The molecule has 0 aromatic rings. The van der Waals surface area contributed by atoms with E-state index in [1.54, 1.807) is 0 Å². The first-order chi connectivity index (χ1) is 2.00. The van der Waals surface area contributed by atoms with Gasteiger partial charge in [-0.2, -0.15) is 0 Å². The third-order valence-corrected chi connectivity index (χ3v) is 0. The standard InChI is InChI=1S/4ClH.Cu.2Na/h4*1H;;;/q;;;;+2;2*+1/p-4. The Morgan fingerprint density at radius 1 is 0.714 bits per heavy atom. The van der Waals surface area contributed by atoms with Gasteiger partial charge in [0.15, 0.2) is 0 Å². The van der Waals surface area contributed by atoms with Crippen molar-refractivity contribution >= 4 is 40.4 Å². The van der Waals surface area contributed by atoms with Crippen molar-refractivity contribution in [3.05, 3.63) is 0 Å². The summed E-state index contributed by atoms with van der Waals surface area (Å²) in [5.74, 6) is 0. The maximum atomic E-state index is 4.90. The predicted octanol–water partition coefficient (Wildman–Crippen LogP) is -3.24. The molecule has 7 heavy (non-hydrogen) atoms. The van der Waals surface area contributed by atoms with E-state index >= 15 is 0 Å². The van der Waals surface area contributed by atoms with Gasteiger partial charge in [-0.15, -0.1) is 0 Å². The smallest absolute Gasteiger partial charge is 1.00 e. The summed E-state index contributed by atoms with van der Waals surface area (Å²) < 4.78 is 0. The van der Waals surface area contributed by atoms with Crippen molar-refractivity contribution < 1.29 is 68.3 Å². The molecule has 0 spiro atoms. The fourth-order valence-electron chi connectivity index (χ4n) is 0. The van der Waals surface area contributed by atoms with E-state index in [0.717, 1.165) is 0 Å². The second kappa shape index (κ2) is 7.78. The molecule has 0 fully saturated rings. The molecule has 0 N–H and O–H groups in total. The normalized spacial score (nSPS) is 10.9. The first-order valence-corrected chi connectivity index (χ1v) is 5.64. The molecule has 0 aromatic heterocycles. The van der Waals surface area contributed by atoms with Gasteiger partial charge in [-0.1, -0.05) is 0 Å². The van der Waals surface area contributed by atoms with Gasteiger partial charge in [0.05, 0.1) is 0 Å². The van der Waals surface area contributed by atoms with Crippen LogP contribution < -0.4 is 59.1 Å². The van der Waals surface area contributed by atoms with Crippen LogP contribution in [0, 0.1) is 0 Å². The van der Waals surface area contributed by atoms with Crippen LogP contribution in [0.2, 0.25) is 0 Å². The third-order valence-electron chi connectivity index (χ3n) is 0. The molecule has 0 saturated carbocycles. The van der Waals surface area contributed by atoms with E-state index in [4.69, 9.17) is 40.4 Å². The molecule has 41 valence electrons. The maximum absolute atomic E-state index is 4.90. The molecular weight excluding hydrogens is 251 g/mol. The third kappa shape index (κ3) is 42.2. The van der Waals surface area contributed by atoms with Crippen molar-refractivity contribution in [2.75, 3.05) is 0 Å². The Morgan fingerprint density at radius 3 is 0.714 bits per heavy atom. The van der Waals surface area contributed by atoms with Crippen LogP contribution in [0.5, 0.6) is 0 Å².